The molecule has 0 saturated carbocycles. The lowest BCUT2D eigenvalue weighted by Gasteiger charge is -2.15. The second-order valence-corrected chi connectivity index (χ2v) is 7.45. The third kappa shape index (κ3) is 4.42. The molecule has 0 aliphatic rings. The van der Waals surface area contributed by atoms with Crippen molar-refractivity contribution in [2.75, 3.05) is 20.6 Å². The first-order valence-corrected chi connectivity index (χ1v) is 9.45. The molecule has 0 unspecified atom stereocenters. The van der Waals surface area contributed by atoms with Crippen molar-refractivity contribution in [3.63, 3.8) is 0 Å². The number of aliphatic hydroxyl groups excluding tert-OH is 1. The Bertz CT molecular complexity index is 1000. The quantitative estimate of drug-likeness (QED) is 0.595. The van der Waals surface area contributed by atoms with Crippen LogP contribution >= 0.6 is 23.2 Å². The molecule has 3 rings (SSSR count). The van der Waals surface area contributed by atoms with Crippen LogP contribution in [-0.2, 0) is 13.0 Å². The Kier molecular flexibility index (Phi) is 6.46. The van der Waals surface area contributed by atoms with Gasteiger partial charge in [0.2, 0.25) is 0 Å². The Morgan fingerprint density at radius 1 is 1.07 bits per heavy atom. The smallest absolute Gasteiger partial charge is 0.195 e. The fourth-order valence-corrected chi connectivity index (χ4v) is 3.25. The van der Waals surface area contributed by atoms with Crippen LogP contribution in [0.1, 0.15) is 27.6 Å². The summed E-state index contributed by atoms with van der Waals surface area (Å²) in [6.07, 6.45) is 0.605. The molecule has 6 nitrogen and oxygen atoms in total. The third-order valence-corrected chi connectivity index (χ3v) is 4.72. The molecule has 0 atom stereocenters. The summed E-state index contributed by atoms with van der Waals surface area (Å²) in [6.45, 7) is 0.442. The Morgan fingerprint density at radius 2 is 1.79 bits per heavy atom. The number of carbonyl (C=O) groups excluding carboxylic acids is 1. The molecule has 0 saturated heterocycles. The number of aromatic nitrogens is 3. The molecule has 2 aromatic carbocycles. The molecular formula is C20H20Cl2N4O2. The van der Waals surface area contributed by atoms with Crippen molar-refractivity contribution in [2.45, 2.75) is 13.0 Å². The lowest BCUT2D eigenvalue weighted by Crippen LogP contribution is -2.18. The first kappa shape index (κ1) is 20.5. The first-order chi connectivity index (χ1) is 13.4. The van der Waals surface area contributed by atoms with Gasteiger partial charge in [-0.15, -0.1) is 10.2 Å². The van der Waals surface area contributed by atoms with Crippen molar-refractivity contribution in [1.29, 1.82) is 0 Å². The summed E-state index contributed by atoms with van der Waals surface area (Å²) in [4.78, 5) is 15.2. The van der Waals surface area contributed by atoms with Gasteiger partial charge in [-0.3, -0.25) is 9.36 Å². The predicted molar refractivity (Wildman–Crippen MR) is 109 cm³/mol. The minimum atomic E-state index is -0.303. The van der Waals surface area contributed by atoms with Crippen LogP contribution in [0.5, 0.6) is 0 Å². The lowest BCUT2D eigenvalue weighted by molar-refractivity contribution is 0.103. The van der Waals surface area contributed by atoms with Crippen LogP contribution in [-0.4, -0.2) is 51.2 Å². The molecule has 0 amide bonds. The summed E-state index contributed by atoms with van der Waals surface area (Å²) >= 11 is 12.2. The highest BCUT2D eigenvalue weighted by molar-refractivity contribution is 6.32. The van der Waals surface area contributed by atoms with Crippen molar-refractivity contribution in [3.05, 3.63) is 75.3 Å². The topological polar surface area (TPSA) is 71.2 Å². The highest BCUT2D eigenvalue weighted by atomic mass is 35.5. The van der Waals surface area contributed by atoms with Crippen LogP contribution in [0.2, 0.25) is 10.0 Å². The van der Waals surface area contributed by atoms with Gasteiger partial charge in [-0.05, 0) is 44.4 Å². The molecular weight excluding hydrogens is 399 g/mol. The van der Waals surface area contributed by atoms with Crippen molar-refractivity contribution in [2.24, 2.45) is 0 Å². The molecule has 8 heteroatoms. The van der Waals surface area contributed by atoms with Gasteiger partial charge in [0, 0.05) is 34.1 Å². The molecule has 0 aliphatic heterocycles. The van der Waals surface area contributed by atoms with E-state index >= 15 is 0 Å². The summed E-state index contributed by atoms with van der Waals surface area (Å²) in [5.41, 5.74) is 1.40. The van der Waals surface area contributed by atoms with E-state index in [4.69, 9.17) is 23.2 Å². The average Bonchev–Trinajstić information content (AvgIpc) is 3.08. The van der Waals surface area contributed by atoms with Gasteiger partial charge in [0.05, 0.1) is 5.69 Å². The number of halogens is 2. The second-order valence-electron chi connectivity index (χ2n) is 6.58. The van der Waals surface area contributed by atoms with Gasteiger partial charge in [0.15, 0.2) is 11.6 Å². The molecule has 0 fully saturated rings. The summed E-state index contributed by atoms with van der Waals surface area (Å²) in [5.74, 6) is 0.785. The van der Waals surface area contributed by atoms with E-state index in [1.165, 1.54) is 0 Å². The molecule has 1 heterocycles. The fourth-order valence-electron chi connectivity index (χ4n) is 2.89. The molecule has 0 bridgehead atoms. The zero-order valence-electron chi connectivity index (χ0n) is 15.6. The van der Waals surface area contributed by atoms with E-state index in [1.54, 1.807) is 47.0 Å². The number of benzene rings is 2. The summed E-state index contributed by atoms with van der Waals surface area (Å²) < 4.78 is 1.72. The normalized spacial score (nSPS) is 11.2. The zero-order chi connectivity index (χ0) is 20.3. The van der Waals surface area contributed by atoms with Gasteiger partial charge in [-0.2, -0.15) is 0 Å². The molecule has 1 N–H and O–H groups in total. The molecule has 0 radical (unpaired) electrons. The highest BCUT2D eigenvalue weighted by Gasteiger charge is 2.21. The van der Waals surface area contributed by atoms with Gasteiger partial charge in [0.25, 0.3) is 0 Å². The predicted octanol–water partition coefficient (Wildman–Crippen LogP) is 3.40. The molecule has 1 aromatic heterocycles. The van der Waals surface area contributed by atoms with E-state index in [-0.39, 0.29) is 12.4 Å². The Hall–Kier alpha value is -2.25. The Balaban J connectivity index is 2.14. The average molecular weight is 419 g/mol. The molecule has 3 aromatic rings. The number of hydrogen-bond donors (Lipinski definition) is 1. The maximum Gasteiger partial charge on any atom is 0.195 e. The molecule has 146 valence electrons. The Labute approximate surface area is 173 Å². The first-order valence-electron chi connectivity index (χ1n) is 8.69. The van der Waals surface area contributed by atoms with Gasteiger partial charge in [-0.25, -0.2) is 0 Å². The van der Waals surface area contributed by atoms with Crippen LogP contribution < -0.4 is 0 Å². The van der Waals surface area contributed by atoms with Crippen LogP contribution in [0.25, 0.3) is 5.69 Å². The van der Waals surface area contributed by atoms with E-state index in [2.05, 4.69) is 10.2 Å². The van der Waals surface area contributed by atoms with Crippen LogP contribution in [0.3, 0.4) is 0 Å². The Morgan fingerprint density at radius 3 is 2.46 bits per heavy atom. The zero-order valence-corrected chi connectivity index (χ0v) is 17.1. The molecule has 28 heavy (non-hydrogen) atoms. The molecule has 0 spiro atoms. The van der Waals surface area contributed by atoms with Crippen LogP contribution in [0, 0.1) is 0 Å². The van der Waals surface area contributed by atoms with Crippen LogP contribution in [0.15, 0.2) is 42.5 Å². The fraction of sp³-hybridized carbons (Fsp3) is 0.250. The van der Waals surface area contributed by atoms with Crippen molar-refractivity contribution in [3.8, 4) is 5.69 Å². The van der Waals surface area contributed by atoms with Crippen molar-refractivity contribution >= 4 is 29.0 Å². The maximum absolute atomic E-state index is 13.2. The van der Waals surface area contributed by atoms with E-state index in [1.807, 2.05) is 19.0 Å². The highest BCUT2D eigenvalue weighted by Crippen LogP contribution is 2.26. The summed E-state index contributed by atoms with van der Waals surface area (Å²) in [6, 6.07) is 11.8. The van der Waals surface area contributed by atoms with E-state index < -0.39 is 0 Å². The standard InChI is InChI=1S/C20H20Cl2N4O2/c1-25(2)9-8-18-23-24-19(12-27)26(18)17-7-6-15(22)11-16(17)20(28)13-4-3-5-14(21)10-13/h3-7,10-11,27H,8-9,12H2,1-2H3. The number of likely N-dealkylation sites (N-methyl/N-ethyl adjacent to an activating group) is 1. The number of hydrogen-bond acceptors (Lipinski definition) is 5. The van der Waals surface area contributed by atoms with Crippen molar-refractivity contribution < 1.29 is 9.90 Å². The van der Waals surface area contributed by atoms with E-state index in [0.717, 1.165) is 6.54 Å². The minimum Gasteiger partial charge on any atom is -0.388 e. The molecule has 0 aliphatic carbocycles. The van der Waals surface area contributed by atoms with Gasteiger partial charge in [0.1, 0.15) is 12.4 Å². The number of carbonyl (C=O) groups is 1. The summed E-state index contributed by atoms with van der Waals surface area (Å²) in [7, 11) is 3.92. The maximum atomic E-state index is 13.2. The minimum absolute atomic E-state index is 0.226. The lowest BCUT2D eigenvalue weighted by atomic mass is 10.0. The summed E-state index contributed by atoms with van der Waals surface area (Å²) in [5, 5.41) is 18.9. The number of nitrogens with zero attached hydrogens (tertiary/aromatic N) is 4. The monoisotopic (exact) mass is 418 g/mol. The number of ketones is 1. The second kappa shape index (κ2) is 8.84. The van der Waals surface area contributed by atoms with Crippen molar-refractivity contribution in [1.82, 2.24) is 19.7 Å². The van der Waals surface area contributed by atoms with Crippen LogP contribution in [0.4, 0.5) is 0 Å². The number of rotatable bonds is 7. The van der Waals surface area contributed by atoms with E-state index in [9.17, 15) is 9.90 Å². The van der Waals surface area contributed by atoms with Gasteiger partial charge in [-0.1, -0.05) is 35.3 Å². The SMILES string of the molecule is CN(C)CCc1nnc(CO)n1-c1ccc(Cl)cc1C(=O)c1cccc(Cl)c1. The van der Waals surface area contributed by atoms with Gasteiger partial charge < -0.3 is 10.0 Å². The largest absolute Gasteiger partial charge is 0.388 e. The number of aliphatic hydroxyl groups is 1. The van der Waals surface area contributed by atoms with Gasteiger partial charge >= 0.3 is 0 Å². The third-order valence-electron chi connectivity index (χ3n) is 4.25. The van der Waals surface area contributed by atoms with E-state index in [0.29, 0.717) is 44.9 Å².